The Bertz CT molecular complexity index is 529. The van der Waals surface area contributed by atoms with Crippen molar-refractivity contribution >= 4 is 23.2 Å². The van der Waals surface area contributed by atoms with Crippen molar-refractivity contribution in [3.05, 3.63) is 35.9 Å². The van der Waals surface area contributed by atoms with Crippen LogP contribution in [0.25, 0.3) is 0 Å². The van der Waals surface area contributed by atoms with Crippen LogP contribution in [0.1, 0.15) is 21.0 Å². The fraction of sp³-hybridized carbons (Fsp3) is 0. The van der Waals surface area contributed by atoms with E-state index >= 15 is 0 Å². The van der Waals surface area contributed by atoms with Crippen molar-refractivity contribution in [2.75, 3.05) is 10.6 Å². The normalized spacial score (nSPS) is 14.2. The van der Waals surface area contributed by atoms with E-state index in [9.17, 15) is 9.59 Å². The summed E-state index contributed by atoms with van der Waals surface area (Å²) in [5.41, 5.74) is 1.64. The third-order valence-electron chi connectivity index (χ3n) is 2.44. The Hall–Kier alpha value is -2.50. The second-order valence-electron chi connectivity index (χ2n) is 3.44. The number of aromatic nitrogens is 2. The molecule has 80 valence electrons. The Labute approximate surface area is 90.1 Å². The first kappa shape index (κ1) is 8.78. The summed E-state index contributed by atoms with van der Waals surface area (Å²) in [7, 11) is 0. The molecular formula is C10H8N4O2. The number of amides is 2. The molecule has 0 radical (unpaired) electrons. The molecule has 6 heteroatoms. The number of fused-ring (bicyclic) bond motifs is 2. The molecule has 0 spiro atoms. The van der Waals surface area contributed by atoms with Crippen molar-refractivity contribution in [3.63, 3.8) is 0 Å². The van der Waals surface area contributed by atoms with E-state index in [1.54, 1.807) is 24.5 Å². The zero-order valence-electron chi connectivity index (χ0n) is 8.13. The van der Waals surface area contributed by atoms with Gasteiger partial charge in [0, 0.05) is 12.4 Å². The Balaban J connectivity index is 2.14. The average Bonchev–Trinajstić information content (AvgIpc) is 2.84. The van der Waals surface area contributed by atoms with Crippen molar-refractivity contribution < 1.29 is 9.59 Å². The van der Waals surface area contributed by atoms with Crippen LogP contribution in [-0.4, -0.2) is 21.8 Å². The molecule has 0 aliphatic carbocycles. The molecule has 3 rings (SSSR count). The van der Waals surface area contributed by atoms with Crippen LogP contribution in [0.15, 0.2) is 24.5 Å². The fourth-order valence-electron chi connectivity index (χ4n) is 1.69. The van der Waals surface area contributed by atoms with Crippen molar-refractivity contribution in [1.82, 2.24) is 9.97 Å². The number of carbonyl (C=O) groups is 2. The summed E-state index contributed by atoms with van der Waals surface area (Å²) in [5, 5.41) is 5.31. The first-order valence-corrected chi connectivity index (χ1v) is 4.73. The molecule has 1 aliphatic heterocycles. The number of H-pyrrole nitrogens is 2. The van der Waals surface area contributed by atoms with Gasteiger partial charge in [-0.15, -0.1) is 0 Å². The van der Waals surface area contributed by atoms with Crippen LogP contribution in [0, 0.1) is 0 Å². The SMILES string of the molecule is O=C1Nc2cc[nH]c2C(=O)Nc2cc[nH]c21. The summed E-state index contributed by atoms with van der Waals surface area (Å²) in [6.45, 7) is 0. The minimum Gasteiger partial charge on any atom is -0.355 e. The van der Waals surface area contributed by atoms with Crippen LogP contribution in [0.3, 0.4) is 0 Å². The highest BCUT2D eigenvalue weighted by molar-refractivity contribution is 6.17. The van der Waals surface area contributed by atoms with Gasteiger partial charge in [-0.1, -0.05) is 0 Å². The quantitative estimate of drug-likeness (QED) is 0.532. The first-order chi connectivity index (χ1) is 7.75. The summed E-state index contributed by atoms with van der Waals surface area (Å²) in [6.07, 6.45) is 3.20. The van der Waals surface area contributed by atoms with Crippen molar-refractivity contribution in [2.45, 2.75) is 0 Å². The molecule has 0 aromatic carbocycles. The van der Waals surface area contributed by atoms with Crippen molar-refractivity contribution in [2.24, 2.45) is 0 Å². The average molecular weight is 216 g/mol. The molecule has 0 atom stereocenters. The van der Waals surface area contributed by atoms with Gasteiger partial charge in [0.15, 0.2) is 0 Å². The van der Waals surface area contributed by atoms with E-state index in [-0.39, 0.29) is 11.8 Å². The van der Waals surface area contributed by atoms with Gasteiger partial charge >= 0.3 is 0 Å². The standard InChI is InChI=1S/C10H8N4O2/c15-9-7-5(1-3-11-7)13-10(16)8-6(14-9)2-4-12-8/h1-4,11-12H,(H,13,16)(H,14,15). The first-order valence-electron chi connectivity index (χ1n) is 4.73. The summed E-state index contributed by atoms with van der Waals surface area (Å²) in [5.74, 6) is -0.554. The molecule has 1 aliphatic rings. The highest BCUT2D eigenvalue weighted by Crippen LogP contribution is 2.22. The maximum absolute atomic E-state index is 11.8. The summed E-state index contributed by atoms with van der Waals surface area (Å²) in [4.78, 5) is 29.1. The zero-order valence-corrected chi connectivity index (χ0v) is 8.13. The summed E-state index contributed by atoms with van der Waals surface area (Å²) >= 11 is 0. The predicted octanol–water partition coefficient (Wildman–Crippen LogP) is 1.16. The van der Waals surface area contributed by atoms with Crippen LogP contribution in [0.5, 0.6) is 0 Å². The Morgan fingerprint density at radius 2 is 1.19 bits per heavy atom. The highest BCUT2D eigenvalue weighted by Gasteiger charge is 2.23. The van der Waals surface area contributed by atoms with Crippen molar-refractivity contribution in [1.29, 1.82) is 0 Å². The third kappa shape index (κ3) is 1.13. The van der Waals surface area contributed by atoms with Gasteiger partial charge in [0.05, 0.1) is 11.4 Å². The van der Waals surface area contributed by atoms with Gasteiger partial charge in [0.2, 0.25) is 0 Å². The minimum atomic E-state index is -0.277. The molecule has 0 bridgehead atoms. The molecule has 2 amide bonds. The lowest BCUT2D eigenvalue weighted by atomic mass is 10.2. The highest BCUT2D eigenvalue weighted by atomic mass is 16.2. The van der Waals surface area contributed by atoms with E-state index in [0.29, 0.717) is 22.8 Å². The van der Waals surface area contributed by atoms with Gasteiger partial charge < -0.3 is 20.6 Å². The van der Waals surface area contributed by atoms with Crippen LogP contribution < -0.4 is 10.6 Å². The number of aromatic amines is 2. The second kappa shape index (κ2) is 2.99. The van der Waals surface area contributed by atoms with E-state index in [4.69, 9.17) is 0 Å². The molecule has 2 aromatic heterocycles. The lowest BCUT2D eigenvalue weighted by Crippen LogP contribution is -2.23. The van der Waals surface area contributed by atoms with E-state index in [2.05, 4.69) is 20.6 Å². The monoisotopic (exact) mass is 216 g/mol. The van der Waals surface area contributed by atoms with E-state index in [1.807, 2.05) is 0 Å². The van der Waals surface area contributed by atoms with Gasteiger partial charge in [-0.3, -0.25) is 9.59 Å². The van der Waals surface area contributed by atoms with E-state index in [0.717, 1.165) is 0 Å². The van der Waals surface area contributed by atoms with Crippen LogP contribution in [0.4, 0.5) is 11.4 Å². The maximum Gasteiger partial charge on any atom is 0.274 e. The molecule has 0 fully saturated rings. The summed E-state index contributed by atoms with van der Waals surface area (Å²) < 4.78 is 0. The van der Waals surface area contributed by atoms with Crippen LogP contribution in [0.2, 0.25) is 0 Å². The van der Waals surface area contributed by atoms with Gasteiger partial charge in [0.1, 0.15) is 11.4 Å². The molecule has 0 saturated heterocycles. The van der Waals surface area contributed by atoms with Crippen molar-refractivity contribution in [3.8, 4) is 0 Å². The molecule has 0 saturated carbocycles. The minimum absolute atomic E-state index is 0.277. The smallest absolute Gasteiger partial charge is 0.274 e. The molecule has 2 aromatic rings. The summed E-state index contributed by atoms with van der Waals surface area (Å²) in [6, 6.07) is 3.28. The van der Waals surface area contributed by atoms with Gasteiger partial charge in [0.25, 0.3) is 11.8 Å². The zero-order chi connectivity index (χ0) is 11.1. The molecular weight excluding hydrogens is 208 g/mol. The Morgan fingerprint density at radius 3 is 1.62 bits per heavy atom. The predicted molar refractivity (Wildman–Crippen MR) is 57.5 cm³/mol. The molecule has 0 unspecified atom stereocenters. The number of carbonyl (C=O) groups excluding carboxylic acids is 2. The third-order valence-corrected chi connectivity index (χ3v) is 2.44. The number of rotatable bonds is 0. The molecule has 4 N–H and O–H groups in total. The van der Waals surface area contributed by atoms with Crippen LogP contribution in [-0.2, 0) is 0 Å². The lowest BCUT2D eigenvalue weighted by molar-refractivity contribution is 0.101. The molecule has 16 heavy (non-hydrogen) atoms. The number of hydrogen-bond acceptors (Lipinski definition) is 2. The molecule has 3 heterocycles. The number of hydrogen-bond donors (Lipinski definition) is 4. The lowest BCUT2D eigenvalue weighted by Gasteiger charge is -2.12. The maximum atomic E-state index is 11.8. The van der Waals surface area contributed by atoms with Gasteiger partial charge in [-0.05, 0) is 12.1 Å². The number of nitrogens with one attached hydrogen (secondary N) is 4. The van der Waals surface area contributed by atoms with Gasteiger partial charge in [-0.2, -0.15) is 0 Å². The molecule has 6 nitrogen and oxygen atoms in total. The topological polar surface area (TPSA) is 89.8 Å². The Morgan fingerprint density at radius 1 is 0.750 bits per heavy atom. The largest absolute Gasteiger partial charge is 0.355 e. The van der Waals surface area contributed by atoms with E-state index in [1.165, 1.54) is 0 Å². The second-order valence-corrected chi connectivity index (χ2v) is 3.44. The Kier molecular flexibility index (Phi) is 1.64. The van der Waals surface area contributed by atoms with Gasteiger partial charge in [-0.25, -0.2) is 0 Å². The van der Waals surface area contributed by atoms with Crippen LogP contribution >= 0.6 is 0 Å². The fourth-order valence-corrected chi connectivity index (χ4v) is 1.69. The van der Waals surface area contributed by atoms with E-state index < -0.39 is 0 Å². The number of anilines is 2.